The molecule has 1 aliphatic heterocycles. The number of carbonyl (C=O) groups is 1. The lowest BCUT2D eigenvalue weighted by molar-refractivity contribution is 0.0628. The SMILES string of the molecule is N#Cc1ccc(C(=O)N2CCN(Cc3nc(-c4ccc(F)cc4)cs3)CC2)cc1. The van der Waals surface area contributed by atoms with E-state index in [0.717, 1.165) is 35.9 Å². The summed E-state index contributed by atoms with van der Waals surface area (Å²) in [6, 6.07) is 15.2. The first-order chi connectivity index (χ1) is 14.1. The molecule has 1 aliphatic rings. The molecular weight excluding hydrogens is 387 g/mol. The van der Waals surface area contributed by atoms with Gasteiger partial charge in [0, 0.05) is 42.7 Å². The van der Waals surface area contributed by atoms with Crippen molar-refractivity contribution in [3.8, 4) is 17.3 Å². The number of nitrogens with zero attached hydrogens (tertiary/aromatic N) is 4. The predicted octanol–water partition coefficient (Wildman–Crippen LogP) is 3.78. The van der Waals surface area contributed by atoms with Crippen molar-refractivity contribution in [1.82, 2.24) is 14.8 Å². The normalized spacial score (nSPS) is 14.6. The molecule has 146 valence electrons. The molecule has 4 rings (SSSR count). The Hall–Kier alpha value is -3.08. The van der Waals surface area contributed by atoms with Crippen molar-refractivity contribution in [2.45, 2.75) is 6.54 Å². The second-order valence-electron chi connectivity index (χ2n) is 6.89. The van der Waals surface area contributed by atoms with Crippen LogP contribution in [-0.2, 0) is 6.54 Å². The standard InChI is InChI=1S/C22H19FN4OS/c23-19-7-5-17(6-8-19)20-15-29-21(25-20)14-26-9-11-27(12-10-26)22(28)18-3-1-16(13-24)2-4-18/h1-8,15H,9-12,14H2. The van der Waals surface area contributed by atoms with Gasteiger partial charge in [-0.15, -0.1) is 11.3 Å². The molecule has 0 aliphatic carbocycles. The van der Waals surface area contributed by atoms with E-state index in [1.165, 1.54) is 12.1 Å². The lowest BCUT2D eigenvalue weighted by Gasteiger charge is -2.34. The third-order valence-corrected chi connectivity index (χ3v) is 5.80. The van der Waals surface area contributed by atoms with Crippen molar-refractivity contribution >= 4 is 17.2 Å². The van der Waals surface area contributed by atoms with E-state index >= 15 is 0 Å². The molecule has 1 fully saturated rings. The first kappa shape index (κ1) is 19.2. The van der Waals surface area contributed by atoms with Gasteiger partial charge in [0.05, 0.1) is 23.9 Å². The minimum absolute atomic E-state index is 0.00184. The highest BCUT2D eigenvalue weighted by Gasteiger charge is 2.22. The van der Waals surface area contributed by atoms with Crippen LogP contribution in [0.25, 0.3) is 11.3 Å². The Bertz CT molecular complexity index is 1030. The average molecular weight is 406 g/mol. The van der Waals surface area contributed by atoms with Gasteiger partial charge >= 0.3 is 0 Å². The maximum absolute atomic E-state index is 13.1. The summed E-state index contributed by atoms with van der Waals surface area (Å²) in [6.45, 7) is 3.63. The molecule has 0 atom stereocenters. The van der Waals surface area contributed by atoms with Crippen molar-refractivity contribution in [2.75, 3.05) is 26.2 Å². The molecule has 0 spiro atoms. The van der Waals surface area contributed by atoms with Gasteiger partial charge in [-0.1, -0.05) is 0 Å². The molecule has 2 heterocycles. The van der Waals surface area contributed by atoms with Crippen molar-refractivity contribution in [3.05, 3.63) is 75.9 Å². The first-order valence-corrected chi connectivity index (χ1v) is 10.2. The van der Waals surface area contributed by atoms with Gasteiger partial charge in [-0.2, -0.15) is 5.26 Å². The van der Waals surface area contributed by atoms with Crippen LogP contribution in [0.15, 0.2) is 53.9 Å². The zero-order valence-corrected chi connectivity index (χ0v) is 16.5. The Balaban J connectivity index is 1.32. The van der Waals surface area contributed by atoms with Crippen LogP contribution in [0.4, 0.5) is 4.39 Å². The predicted molar refractivity (Wildman–Crippen MR) is 110 cm³/mol. The highest BCUT2D eigenvalue weighted by Crippen LogP contribution is 2.23. The smallest absolute Gasteiger partial charge is 0.253 e. The number of halogens is 1. The van der Waals surface area contributed by atoms with Crippen LogP contribution >= 0.6 is 11.3 Å². The van der Waals surface area contributed by atoms with Crippen molar-refractivity contribution in [1.29, 1.82) is 5.26 Å². The van der Waals surface area contributed by atoms with Gasteiger partial charge < -0.3 is 4.90 Å². The summed E-state index contributed by atoms with van der Waals surface area (Å²) < 4.78 is 13.1. The van der Waals surface area contributed by atoms with Gasteiger partial charge in [-0.3, -0.25) is 9.69 Å². The third-order valence-electron chi connectivity index (χ3n) is 4.97. The van der Waals surface area contributed by atoms with E-state index in [4.69, 9.17) is 5.26 Å². The van der Waals surface area contributed by atoms with Crippen LogP contribution in [0, 0.1) is 17.1 Å². The number of amides is 1. The van der Waals surface area contributed by atoms with Gasteiger partial charge in [0.1, 0.15) is 10.8 Å². The minimum atomic E-state index is -0.252. The number of piperazine rings is 1. The number of thiazole rings is 1. The van der Waals surface area contributed by atoms with E-state index in [0.29, 0.717) is 24.2 Å². The van der Waals surface area contributed by atoms with Crippen molar-refractivity contribution in [2.24, 2.45) is 0 Å². The zero-order valence-electron chi connectivity index (χ0n) is 15.7. The summed E-state index contributed by atoms with van der Waals surface area (Å²) in [5.74, 6) is -0.250. The maximum atomic E-state index is 13.1. The number of rotatable bonds is 4. The summed E-state index contributed by atoms with van der Waals surface area (Å²) >= 11 is 1.60. The monoisotopic (exact) mass is 406 g/mol. The molecule has 0 radical (unpaired) electrons. The lowest BCUT2D eigenvalue weighted by atomic mass is 10.1. The summed E-state index contributed by atoms with van der Waals surface area (Å²) in [4.78, 5) is 21.4. The Morgan fingerprint density at radius 2 is 1.76 bits per heavy atom. The molecule has 0 unspecified atom stereocenters. The number of hydrogen-bond acceptors (Lipinski definition) is 5. The lowest BCUT2D eigenvalue weighted by Crippen LogP contribution is -2.48. The van der Waals surface area contributed by atoms with E-state index in [9.17, 15) is 9.18 Å². The third kappa shape index (κ3) is 4.50. The number of aromatic nitrogens is 1. The molecule has 29 heavy (non-hydrogen) atoms. The molecule has 0 saturated carbocycles. The summed E-state index contributed by atoms with van der Waals surface area (Å²) in [7, 11) is 0. The van der Waals surface area contributed by atoms with Crippen LogP contribution in [0.5, 0.6) is 0 Å². The summed E-state index contributed by atoms with van der Waals surface area (Å²) in [5, 5.41) is 11.9. The van der Waals surface area contributed by atoms with Crippen molar-refractivity contribution in [3.63, 3.8) is 0 Å². The average Bonchev–Trinajstić information content (AvgIpc) is 3.23. The van der Waals surface area contributed by atoms with Crippen LogP contribution in [0.1, 0.15) is 20.9 Å². The van der Waals surface area contributed by atoms with Gasteiger partial charge in [0.25, 0.3) is 5.91 Å². The van der Waals surface area contributed by atoms with E-state index < -0.39 is 0 Å². The first-order valence-electron chi connectivity index (χ1n) is 9.34. The fraction of sp³-hybridized carbons (Fsp3) is 0.227. The second-order valence-corrected chi connectivity index (χ2v) is 7.83. The summed E-state index contributed by atoms with van der Waals surface area (Å²) in [6.07, 6.45) is 0. The minimum Gasteiger partial charge on any atom is -0.336 e. The number of hydrogen-bond donors (Lipinski definition) is 0. The van der Waals surface area contributed by atoms with Crippen LogP contribution in [-0.4, -0.2) is 46.9 Å². The molecule has 1 aromatic heterocycles. The van der Waals surface area contributed by atoms with E-state index in [-0.39, 0.29) is 11.7 Å². The van der Waals surface area contributed by atoms with Gasteiger partial charge in [0.15, 0.2) is 0 Å². The number of nitriles is 1. The molecule has 0 bridgehead atoms. The fourth-order valence-corrected chi connectivity index (χ4v) is 4.15. The molecule has 7 heteroatoms. The molecule has 1 saturated heterocycles. The Morgan fingerprint density at radius 1 is 1.07 bits per heavy atom. The van der Waals surface area contributed by atoms with Crippen molar-refractivity contribution < 1.29 is 9.18 Å². The van der Waals surface area contributed by atoms with E-state index in [2.05, 4.69) is 16.0 Å². The van der Waals surface area contributed by atoms with Gasteiger partial charge in [-0.25, -0.2) is 9.37 Å². The molecule has 5 nitrogen and oxygen atoms in total. The Kier molecular flexibility index (Phi) is 5.65. The fourth-order valence-electron chi connectivity index (χ4n) is 3.31. The maximum Gasteiger partial charge on any atom is 0.253 e. The molecular formula is C22H19FN4OS. The molecule has 2 aromatic carbocycles. The Labute approximate surface area is 172 Å². The second kappa shape index (κ2) is 8.52. The molecule has 1 amide bonds. The summed E-state index contributed by atoms with van der Waals surface area (Å²) in [5.41, 5.74) is 2.93. The Morgan fingerprint density at radius 3 is 2.41 bits per heavy atom. The van der Waals surface area contributed by atoms with Gasteiger partial charge in [-0.05, 0) is 48.5 Å². The largest absolute Gasteiger partial charge is 0.336 e. The highest BCUT2D eigenvalue weighted by atomic mass is 32.1. The molecule has 3 aromatic rings. The van der Waals surface area contributed by atoms with Crippen LogP contribution < -0.4 is 0 Å². The van der Waals surface area contributed by atoms with Gasteiger partial charge in [0.2, 0.25) is 0 Å². The topological polar surface area (TPSA) is 60.2 Å². The van der Waals surface area contributed by atoms with E-state index in [1.807, 2.05) is 10.3 Å². The highest BCUT2D eigenvalue weighted by molar-refractivity contribution is 7.09. The number of benzene rings is 2. The molecule has 0 N–H and O–H groups in total. The number of carbonyl (C=O) groups excluding carboxylic acids is 1. The zero-order chi connectivity index (χ0) is 20.2. The van der Waals surface area contributed by atoms with Crippen LogP contribution in [0.3, 0.4) is 0 Å². The van der Waals surface area contributed by atoms with Crippen LogP contribution in [0.2, 0.25) is 0 Å². The van der Waals surface area contributed by atoms with E-state index in [1.54, 1.807) is 47.7 Å². The quantitative estimate of drug-likeness (QED) is 0.662.